The van der Waals surface area contributed by atoms with Crippen molar-refractivity contribution in [3.8, 4) is 5.75 Å². The summed E-state index contributed by atoms with van der Waals surface area (Å²) in [6, 6.07) is 3.63. The minimum absolute atomic E-state index is 0.0191. The summed E-state index contributed by atoms with van der Waals surface area (Å²) in [7, 11) is 0. The molecule has 14 heteroatoms. The zero-order valence-corrected chi connectivity index (χ0v) is 24.5. The lowest BCUT2D eigenvalue weighted by atomic mass is 9.79. The summed E-state index contributed by atoms with van der Waals surface area (Å²) in [5.41, 5.74) is -1.93. The molecule has 2 saturated heterocycles. The third-order valence-corrected chi connectivity index (χ3v) is 8.84. The van der Waals surface area contributed by atoms with Crippen molar-refractivity contribution in [1.82, 2.24) is 19.8 Å². The fraction of sp³-hybridized carbons (Fsp3) is 0.467. The topological polar surface area (TPSA) is 75.6 Å². The second kappa shape index (κ2) is 12.4. The van der Waals surface area contributed by atoms with E-state index in [9.17, 15) is 35.9 Å². The first-order chi connectivity index (χ1) is 20.8. The van der Waals surface area contributed by atoms with E-state index in [4.69, 9.17) is 4.74 Å². The molecule has 2 amide bonds. The van der Waals surface area contributed by atoms with E-state index in [1.54, 1.807) is 10.4 Å². The highest BCUT2D eigenvalue weighted by molar-refractivity contribution is 7.07. The van der Waals surface area contributed by atoms with Gasteiger partial charge in [0.15, 0.2) is 0 Å². The highest BCUT2D eigenvalue weighted by atomic mass is 32.1. The second-order valence-corrected chi connectivity index (χ2v) is 11.7. The Labute approximate surface area is 253 Å². The Morgan fingerprint density at radius 1 is 1.07 bits per heavy atom. The van der Waals surface area contributed by atoms with Gasteiger partial charge in [-0.05, 0) is 49.6 Å². The van der Waals surface area contributed by atoms with Crippen LogP contribution in [0.25, 0.3) is 0 Å². The number of hydrogen-bond acceptors (Lipinski definition) is 6. The van der Waals surface area contributed by atoms with Gasteiger partial charge in [-0.2, -0.15) is 26.3 Å². The van der Waals surface area contributed by atoms with E-state index < -0.39 is 52.5 Å². The van der Waals surface area contributed by atoms with Gasteiger partial charge in [0.25, 0.3) is 11.8 Å². The standard InChI is InChI=1S/C30H30F6N4O3S/c1-2-4-25-28(43-21-7-5-20(6-8-21)29(31,32)33,27(42)39-14-10-19(16-39)24-17-44-18-38-24)11-3-13-40(25)26(41)22-15-37-12-9-23(22)30(34,35)36/h5-9,12,15,17-19,25H,2-4,10-11,13-14,16H2,1H3/t19?,25-,28+/m1/s1. The third-order valence-electron chi connectivity index (χ3n) is 8.23. The van der Waals surface area contributed by atoms with Crippen LogP contribution in [0.1, 0.15) is 72.1 Å². The maximum atomic E-state index is 14.6. The predicted molar refractivity (Wildman–Crippen MR) is 149 cm³/mol. The number of carbonyl (C=O) groups excluding carboxylic acids is 2. The summed E-state index contributed by atoms with van der Waals surface area (Å²) in [6.07, 6.45) is -6.02. The van der Waals surface area contributed by atoms with Gasteiger partial charge in [-0.1, -0.05) is 13.3 Å². The first kappa shape index (κ1) is 31.7. The summed E-state index contributed by atoms with van der Waals surface area (Å²) in [5.74, 6) is -1.47. The fourth-order valence-electron chi connectivity index (χ4n) is 6.17. The van der Waals surface area contributed by atoms with E-state index in [-0.39, 0.29) is 37.5 Å². The molecule has 2 aliphatic heterocycles. The molecule has 4 heterocycles. The Balaban J connectivity index is 1.55. The molecule has 0 spiro atoms. The van der Waals surface area contributed by atoms with Crippen LogP contribution in [-0.2, 0) is 17.1 Å². The Hall–Kier alpha value is -3.68. The molecular weight excluding hydrogens is 610 g/mol. The summed E-state index contributed by atoms with van der Waals surface area (Å²) in [6.45, 7) is 2.54. The third kappa shape index (κ3) is 6.26. The molecule has 0 saturated carbocycles. The maximum absolute atomic E-state index is 14.6. The lowest BCUT2D eigenvalue weighted by molar-refractivity contribution is -0.158. The zero-order valence-electron chi connectivity index (χ0n) is 23.7. The molecule has 236 valence electrons. The van der Waals surface area contributed by atoms with Crippen molar-refractivity contribution in [3.63, 3.8) is 0 Å². The average molecular weight is 641 g/mol. The number of carbonyl (C=O) groups is 2. The Kier molecular flexibility index (Phi) is 8.92. The molecule has 2 fully saturated rings. The van der Waals surface area contributed by atoms with Crippen LogP contribution in [0.5, 0.6) is 5.75 Å². The molecule has 0 aliphatic carbocycles. The molecular formula is C30H30F6N4O3S. The van der Waals surface area contributed by atoms with E-state index in [0.29, 0.717) is 25.9 Å². The first-order valence-electron chi connectivity index (χ1n) is 14.2. The minimum Gasteiger partial charge on any atom is -0.475 e. The minimum atomic E-state index is -4.83. The number of benzene rings is 1. The van der Waals surface area contributed by atoms with Crippen LogP contribution < -0.4 is 4.74 Å². The summed E-state index contributed by atoms with van der Waals surface area (Å²) < 4.78 is 87.9. The first-order valence-corrected chi connectivity index (χ1v) is 15.2. The smallest absolute Gasteiger partial charge is 0.417 e. The van der Waals surface area contributed by atoms with Gasteiger partial charge in [-0.15, -0.1) is 11.3 Å². The number of likely N-dealkylation sites (tertiary alicyclic amines) is 2. The van der Waals surface area contributed by atoms with Gasteiger partial charge in [0.2, 0.25) is 5.60 Å². The van der Waals surface area contributed by atoms with Gasteiger partial charge in [-0.25, -0.2) is 4.98 Å². The number of pyridine rings is 1. The maximum Gasteiger partial charge on any atom is 0.417 e. The second-order valence-electron chi connectivity index (χ2n) is 11.0. The van der Waals surface area contributed by atoms with Crippen molar-refractivity contribution in [2.45, 2.75) is 68.9 Å². The van der Waals surface area contributed by atoms with Crippen LogP contribution in [0.15, 0.2) is 53.6 Å². The molecule has 0 radical (unpaired) electrons. The molecule has 2 aromatic heterocycles. The van der Waals surface area contributed by atoms with Gasteiger partial charge in [0.1, 0.15) is 5.75 Å². The number of amides is 2. The van der Waals surface area contributed by atoms with Crippen molar-refractivity contribution in [3.05, 3.63) is 76.0 Å². The number of thiazole rings is 1. The van der Waals surface area contributed by atoms with Crippen LogP contribution in [0, 0.1) is 0 Å². The monoisotopic (exact) mass is 640 g/mol. The van der Waals surface area contributed by atoms with Gasteiger partial charge in [0.05, 0.1) is 33.9 Å². The molecule has 5 rings (SSSR count). The van der Waals surface area contributed by atoms with E-state index in [0.717, 1.165) is 48.4 Å². The lowest BCUT2D eigenvalue weighted by Gasteiger charge is -2.49. The number of nitrogens with zero attached hydrogens (tertiary/aromatic N) is 4. The molecule has 1 unspecified atom stereocenters. The van der Waals surface area contributed by atoms with Crippen molar-refractivity contribution < 1.29 is 40.7 Å². The highest BCUT2D eigenvalue weighted by Gasteiger charge is 2.56. The number of piperidine rings is 1. The number of alkyl halides is 6. The van der Waals surface area contributed by atoms with Crippen molar-refractivity contribution in [2.24, 2.45) is 0 Å². The predicted octanol–water partition coefficient (Wildman–Crippen LogP) is 6.81. The lowest BCUT2D eigenvalue weighted by Crippen LogP contribution is -2.67. The highest BCUT2D eigenvalue weighted by Crippen LogP contribution is 2.41. The molecule has 3 aromatic rings. The van der Waals surface area contributed by atoms with Crippen molar-refractivity contribution in [2.75, 3.05) is 19.6 Å². The number of ether oxygens (including phenoxy) is 1. The molecule has 0 N–H and O–H groups in total. The number of rotatable bonds is 7. The summed E-state index contributed by atoms with van der Waals surface area (Å²) in [4.78, 5) is 39.4. The van der Waals surface area contributed by atoms with E-state index in [1.807, 2.05) is 12.3 Å². The van der Waals surface area contributed by atoms with Gasteiger partial charge in [-0.3, -0.25) is 14.6 Å². The van der Waals surface area contributed by atoms with Crippen LogP contribution >= 0.6 is 11.3 Å². The number of hydrogen-bond donors (Lipinski definition) is 0. The molecule has 2 aliphatic rings. The molecule has 7 nitrogen and oxygen atoms in total. The largest absolute Gasteiger partial charge is 0.475 e. The van der Waals surface area contributed by atoms with Crippen LogP contribution in [0.2, 0.25) is 0 Å². The van der Waals surface area contributed by atoms with Crippen LogP contribution in [-0.4, -0.2) is 62.9 Å². The Bertz CT molecular complexity index is 1460. The normalized spacial score (nSPS) is 22.7. The van der Waals surface area contributed by atoms with Crippen LogP contribution in [0.4, 0.5) is 26.3 Å². The molecule has 1 aromatic carbocycles. The van der Waals surface area contributed by atoms with Gasteiger partial charge >= 0.3 is 12.4 Å². The van der Waals surface area contributed by atoms with Gasteiger partial charge < -0.3 is 14.5 Å². The van der Waals surface area contributed by atoms with E-state index >= 15 is 0 Å². The number of halogens is 6. The van der Waals surface area contributed by atoms with Crippen molar-refractivity contribution in [1.29, 1.82) is 0 Å². The van der Waals surface area contributed by atoms with Crippen molar-refractivity contribution >= 4 is 23.2 Å². The Morgan fingerprint density at radius 2 is 1.82 bits per heavy atom. The number of aromatic nitrogens is 2. The zero-order chi connectivity index (χ0) is 31.7. The molecule has 3 atom stereocenters. The van der Waals surface area contributed by atoms with Crippen LogP contribution in [0.3, 0.4) is 0 Å². The quantitative estimate of drug-likeness (QED) is 0.265. The SMILES string of the molecule is CCC[C@H]1N(C(=O)c2cnccc2C(F)(F)F)CCC[C@@]1(Oc1ccc(C(F)(F)F)cc1)C(=O)N1CCC(c2cscn2)C1. The fourth-order valence-corrected chi connectivity index (χ4v) is 6.81. The van der Waals surface area contributed by atoms with E-state index in [1.165, 1.54) is 16.2 Å². The Morgan fingerprint density at radius 3 is 2.45 bits per heavy atom. The average Bonchev–Trinajstić information content (AvgIpc) is 3.70. The summed E-state index contributed by atoms with van der Waals surface area (Å²) >= 11 is 1.43. The molecule has 44 heavy (non-hydrogen) atoms. The van der Waals surface area contributed by atoms with E-state index in [2.05, 4.69) is 9.97 Å². The van der Waals surface area contributed by atoms with Gasteiger partial charge in [0, 0.05) is 49.7 Å². The molecule has 0 bridgehead atoms. The summed E-state index contributed by atoms with van der Waals surface area (Å²) in [5, 5.41) is 1.90.